The average Bonchev–Trinajstić information content (AvgIpc) is 3.24. The van der Waals surface area contributed by atoms with Gasteiger partial charge in [-0.25, -0.2) is 0 Å². The molecule has 0 radical (unpaired) electrons. The summed E-state index contributed by atoms with van der Waals surface area (Å²) >= 11 is 0. The average molecular weight is 306 g/mol. The van der Waals surface area contributed by atoms with E-state index < -0.39 is 6.10 Å². The van der Waals surface area contributed by atoms with Gasteiger partial charge in [0, 0.05) is 37.9 Å². The molecular formula is C15H22N4O3. The number of hydrogen-bond acceptors (Lipinski definition) is 5. The molecule has 0 unspecified atom stereocenters. The SMILES string of the molecule is CCn1cc(C2=NO[C@@H](C(=O)NC[C@@H]3CCCO3)C2)c(C)n1. The van der Waals surface area contributed by atoms with Crippen LogP contribution in [0.2, 0.25) is 0 Å². The van der Waals surface area contributed by atoms with Crippen molar-refractivity contribution >= 4 is 11.6 Å². The maximum atomic E-state index is 12.1. The first kappa shape index (κ1) is 15.0. The summed E-state index contributed by atoms with van der Waals surface area (Å²) < 4.78 is 7.35. The minimum Gasteiger partial charge on any atom is -0.382 e. The van der Waals surface area contributed by atoms with Crippen molar-refractivity contribution < 1.29 is 14.4 Å². The first-order valence-corrected chi connectivity index (χ1v) is 7.83. The van der Waals surface area contributed by atoms with E-state index in [4.69, 9.17) is 9.57 Å². The molecule has 1 aromatic rings. The maximum absolute atomic E-state index is 12.1. The minimum atomic E-state index is -0.555. The van der Waals surface area contributed by atoms with Crippen molar-refractivity contribution in [3.8, 4) is 0 Å². The highest BCUT2D eigenvalue weighted by atomic mass is 16.6. The summed E-state index contributed by atoms with van der Waals surface area (Å²) in [4.78, 5) is 17.4. The van der Waals surface area contributed by atoms with Crippen LogP contribution in [0.3, 0.4) is 0 Å². The van der Waals surface area contributed by atoms with E-state index in [1.807, 2.05) is 24.7 Å². The molecule has 3 heterocycles. The Kier molecular flexibility index (Phi) is 4.42. The third-order valence-electron chi connectivity index (χ3n) is 4.07. The Morgan fingerprint density at radius 1 is 1.55 bits per heavy atom. The zero-order valence-electron chi connectivity index (χ0n) is 13.0. The van der Waals surface area contributed by atoms with E-state index in [1.54, 1.807) is 0 Å². The summed E-state index contributed by atoms with van der Waals surface area (Å²) in [5.74, 6) is -0.130. The van der Waals surface area contributed by atoms with E-state index in [9.17, 15) is 4.79 Å². The Balaban J connectivity index is 1.54. The number of amides is 1. The third-order valence-corrected chi connectivity index (χ3v) is 4.07. The third kappa shape index (κ3) is 3.14. The second kappa shape index (κ2) is 6.48. The van der Waals surface area contributed by atoms with Crippen LogP contribution >= 0.6 is 0 Å². The van der Waals surface area contributed by atoms with E-state index in [0.717, 1.165) is 43.0 Å². The van der Waals surface area contributed by atoms with Gasteiger partial charge in [0.2, 0.25) is 6.10 Å². The summed E-state index contributed by atoms with van der Waals surface area (Å²) in [6.45, 7) is 6.11. The molecule has 22 heavy (non-hydrogen) atoms. The molecule has 2 aliphatic rings. The molecule has 0 aromatic carbocycles. The number of aromatic nitrogens is 2. The number of nitrogens with one attached hydrogen (secondary N) is 1. The first-order chi connectivity index (χ1) is 10.7. The second-order valence-electron chi connectivity index (χ2n) is 5.70. The van der Waals surface area contributed by atoms with Crippen LogP contribution in [-0.4, -0.2) is 46.8 Å². The molecule has 1 fully saturated rings. The summed E-state index contributed by atoms with van der Waals surface area (Å²) in [7, 11) is 0. The Labute approximate surface area is 129 Å². The van der Waals surface area contributed by atoms with E-state index in [2.05, 4.69) is 15.6 Å². The summed E-state index contributed by atoms with van der Waals surface area (Å²) in [6.07, 6.45) is 4.08. The van der Waals surface area contributed by atoms with Gasteiger partial charge < -0.3 is 14.9 Å². The second-order valence-corrected chi connectivity index (χ2v) is 5.70. The molecule has 1 amide bonds. The Morgan fingerprint density at radius 2 is 2.41 bits per heavy atom. The highest BCUT2D eigenvalue weighted by Gasteiger charge is 2.30. The molecule has 0 spiro atoms. The zero-order chi connectivity index (χ0) is 15.5. The lowest BCUT2D eigenvalue weighted by Gasteiger charge is -2.13. The number of aryl methyl sites for hydroxylation is 2. The van der Waals surface area contributed by atoms with Crippen molar-refractivity contribution in [3.63, 3.8) is 0 Å². The topological polar surface area (TPSA) is 77.7 Å². The molecule has 7 heteroatoms. The summed E-state index contributed by atoms with van der Waals surface area (Å²) in [6, 6.07) is 0. The van der Waals surface area contributed by atoms with Crippen LogP contribution in [0, 0.1) is 6.92 Å². The largest absolute Gasteiger partial charge is 0.382 e. The molecule has 0 bridgehead atoms. The number of nitrogens with zero attached hydrogens (tertiary/aromatic N) is 3. The molecule has 2 atom stereocenters. The molecule has 0 saturated carbocycles. The minimum absolute atomic E-state index is 0.130. The quantitative estimate of drug-likeness (QED) is 0.880. The van der Waals surface area contributed by atoms with Gasteiger partial charge in [0.25, 0.3) is 5.91 Å². The molecular weight excluding hydrogens is 284 g/mol. The lowest BCUT2D eigenvalue weighted by molar-refractivity contribution is -0.131. The van der Waals surface area contributed by atoms with Crippen molar-refractivity contribution in [2.45, 2.75) is 51.9 Å². The molecule has 1 saturated heterocycles. The van der Waals surface area contributed by atoms with Gasteiger partial charge >= 0.3 is 0 Å². The van der Waals surface area contributed by atoms with Crippen molar-refractivity contribution in [2.24, 2.45) is 5.16 Å². The van der Waals surface area contributed by atoms with E-state index in [0.29, 0.717) is 13.0 Å². The van der Waals surface area contributed by atoms with Gasteiger partial charge in [-0.1, -0.05) is 5.16 Å². The van der Waals surface area contributed by atoms with Crippen molar-refractivity contribution in [1.29, 1.82) is 0 Å². The Morgan fingerprint density at radius 3 is 3.09 bits per heavy atom. The number of hydrogen-bond donors (Lipinski definition) is 1. The Hall–Kier alpha value is -1.89. The van der Waals surface area contributed by atoms with Crippen LogP contribution in [0.1, 0.15) is 37.4 Å². The van der Waals surface area contributed by atoms with Crippen LogP contribution in [0.15, 0.2) is 11.4 Å². The van der Waals surface area contributed by atoms with E-state index in [-0.39, 0.29) is 12.0 Å². The maximum Gasteiger partial charge on any atom is 0.264 e. The smallest absolute Gasteiger partial charge is 0.264 e. The molecule has 1 aromatic heterocycles. The molecule has 120 valence electrons. The lowest BCUT2D eigenvalue weighted by Crippen LogP contribution is -2.39. The lowest BCUT2D eigenvalue weighted by atomic mass is 10.1. The fourth-order valence-corrected chi connectivity index (χ4v) is 2.77. The van der Waals surface area contributed by atoms with Crippen LogP contribution in [0.4, 0.5) is 0 Å². The van der Waals surface area contributed by atoms with Crippen molar-refractivity contribution in [1.82, 2.24) is 15.1 Å². The van der Waals surface area contributed by atoms with Gasteiger partial charge in [-0.15, -0.1) is 0 Å². The van der Waals surface area contributed by atoms with E-state index in [1.165, 1.54) is 0 Å². The standard InChI is InChI=1S/C15H22N4O3/c1-3-19-9-12(10(2)17-19)13-7-14(22-18-13)15(20)16-8-11-5-4-6-21-11/h9,11,14H,3-8H2,1-2H3,(H,16,20)/t11-,14+/m0/s1. The fraction of sp³-hybridized carbons (Fsp3) is 0.667. The molecule has 7 nitrogen and oxygen atoms in total. The number of ether oxygens (including phenoxy) is 1. The first-order valence-electron chi connectivity index (χ1n) is 7.83. The van der Waals surface area contributed by atoms with Crippen LogP contribution in [-0.2, 0) is 20.9 Å². The van der Waals surface area contributed by atoms with Gasteiger partial charge in [0.1, 0.15) is 0 Å². The molecule has 1 N–H and O–H groups in total. The number of rotatable bonds is 5. The van der Waals surface area contributed by atoms with Gasteiger partial charge in [-0.2, -0.15) is 5.10 Å². The highest BCUT2D eigenvalue weighted by molar-refractivity contribution is 6.04. The van der Waals surface area contributed by atoms with Crippen molar-refractivity contribution in [2.75, 3.05) is 13.2 Å². The highest BCUT2D eigenvalue weighted by Crippen LogP contribution is 2.19. The van der Waals surface area contributed by atoms with E-state index >= 15 is 0 Å². The predicted molar refractivity (Wildman–Crippen MR) is 80.6 cm³/mol. The van der Waals surface area contributed by atoms with Crippen LogP contribution in [0.5, 0.6) is 0 Å². The summed E-state index contributed by atoms with van der Waals surface area (Å²) in [5.41, 5.74) is 2.65. The van der Waals surface area contributed by atoms with Gasteiger partial charge in [-0.05, 0) is 26.7 Å². The van der Waals surface area contributed by atoms with Crippen molar-refractivity contribution in [3.05, 3.63) is 17.5 Å². The number of carbonyl (C=O) groups excluding carboxylic acids is 1. The molecule has 2 aliphatic heterocycles. The van der Waals surface area contributed by atoms with Crippen LogP contribution in [0.25, 0.3) is 0 Å². The number of carbonyl (C=O) groups is 1. The normalized spacial score (nSPS) is 24.2. The van der Waals surface area contributed by atoms with Gasteiger partial charge in [0.15, 0.2) is 0 Å². The van der Waals surface area contributed by atoms with Gasteiger partial charge in [0.05, 0.1) is 17.5 Å². The molecule has 3 rings (SSSR count). The monoisotopic (exact) mass is 306 g/mol. The number of oxime groups is 1. The predicted octanol–water partition coefficient (Wildman–Crippen LogP) is 1.000. The fourth-order valence-electron chi connectivity index (χ4n) is 2.77. The summed E-state index contributed by atoms with van der Waals surface area (Å²) in [5, 5.41) is 11.3. The van der Waals surface area contributed by atoms with Gasteiger partial charge in [-0.3, -0.25) is 9.48 Å². The van der Waals surface area contributed by atoms with Crippen LogP contribution < -0.4 is 5.32 Å². The zero-order valence-corrected chi connectivity index (χ0v) is 13.0. The molecule has 0 aliphatic carbocycles. The Bertz CT molecular complexity index is 575.